The smallest absolute Gasteiger partial charge is 0.205 e. The van der Waals surface area contributed by atoms with Gasteiger partial charge in [0.15, 0.2) is 5.65 Å². The number of fused-ring (bicyclic) bond motifs is 1. The molecule has 1 N–H and O–H groups in total. The summed E-state index contributed by atoms with van der Waals surface area (Å²) in [4.78, 5) is 14.2. The summed E-state index contributed by atoms with van der Waals surface area (Å²) in [5.74, 6) is 1.61. The predicted molar refractivity (Wildman–Crippen MR) is 142 cm³/mol. The molecule has 0 aliphatic rings. The normalized spacial score (nSPS) is 11.4. The molecule has 6 aromatic rings. The minimum atomic E-state index is 0.564. The number of benzene rings is 2. The van der Waals surface area contributed by atoms with E-state index in [4.69, 9.17) is 9.97 Å². The number of tetrazole rings is 1. The van der Waals surface area contributed by atoms with Gasteiger partial charge in [-0.3, -0.25) is 0 Å². The van der Waals surface area contributed by atoms with Crippen molar-refractivity contribution in [2.24, 2.45) is 0 Å². The molecule has 0 fully saturated rings. The zero-order valence-electron chi connectivity index (χ0n) is 20.2. The van der Waals surface area contributed by atoms with Crippen molar-refractivity contribution >= 4 is 22.5 Å². The van der Waals surface area contributed by atoms with E-state index in [1.54, 1.807) is 11.3 Å². The fourth-order valence-corrected chi connectivity index (χ4v) is 5.25. The number of hydrogen-bond donors (Lipinski definition) is 1. The molecule has 0 saturated heterocycles. The van der Waals surface area contributed by atoms with E-state index >= 15 is 0 Å². The van der Waals surface area contributed by atoms with Crippen molar-refractivity contribution in [1.82, 2.24) is 40.1 Å². The van der Waals surface area contributed by atoms with Crippen molar-refractivity contribution in [3.05, 3.63) is 82.8 Å². The lowest BCUT2D eigenvalue weighted by Crippen LogP contribution is -2.05. The summed E-state index contributed by atoms with van der Waals surface area (Å²) in [7, 11) is 0. The van der Waals surface area contributed by atoms with Crippen molar-refractivity contribution in [2.45, 2.75) is 33.7 Å². The van der Waals surface area contributed by atoms with Crippen LogP contribution < -0.4 is 0 Å². The molecule has 6 rings (SSSR count). The number of nitrogens with zero attached hydrogens (tertiary/aromatic N) is 7. The van der Waals surface area contributed by atoms with Gasteiger partial charge < -0.3 is 4.57 Å². The Morgan fingerprint density at radius 2 is 1.78 bits per heavy atom. The quantitative estimate of drug-likeness (QED) is 0.324. The minimum Gasteiger partial charge on any atom is -0.308 e. The third-order valence-electron chi connectivity index (χ3n) is 6.31. The molecule has 8 nitrogen and oxygen atoms in total. The van der Waals surface area contributed by atoms with Crippen LogP contribution in [0.2, 0.25) is 0 Å². The number of imidazole rings is 1. The summed E-state index contributed by atoms with van der Waals surface area (Å²) in [5, 5.41) is 17.7. The summed E-state index contributed by atoms with van der Waals surface area (Å²) < 4.78 is 2.23. The number of aromatic amines is 1. The van der Waals surface area contributed by atoms with E-state index in [1.807, 2.05) is 24.6 Å². The van der Waals surface area contributed by atoms with Gasteiger partial charge in [-0.25, -0.2) is 15.0 Å². The van der Waals surface area contributed by atoms with Gasteiger partial charge in [0.05, 0.1) is 6.54 Å². The maximum atomic E-state index is 4.88. The van der Waals surface area contributed by atoms with Crippen LogP contribution in [0.15, 0.2) is 60.1 Å². The van der Waals surface area contributed by atoms with Gasteiger partial charge in [-0.1, -0.05) is 37.3 Å². The molecule has 0 radical (unpaired) electrons. The fourth-order valence-electron chi connectivity index (χ4n) is 4.61. The standard InChI is InChI=1S/C27H24N8S/c1-4-23-30-24-16(2)13-17(3)29-26(24)35(23)15-18-5-7-19(8-6-18)22-14-20(27-28-11-12-36-27)9-10-21(22)25-31-33-34-32-25/h5-14H,4,15H2,1-3H3,(H,31,32,33,34). The highest BCUT2D eigenvalue weighted by Gasteiger charge is 2.16. The molecule has 0 atom stereocenters. The number of H-pyrrole nitrogens is 1. The van der Waals surface area contributed by atoms with Gasteiger partial charge in [0.25, 0.3) is 0 Å². The molecule has 0 bridgehead atoms. The fraction of sp³-hybridized carbons (Fsp3) is 0.185. The van der Waals surface area contributed by atoms with Gasteiger partial charge in [0.1, 0.15) is 16.3 Å². The number of pyridine rings is 1. The lowest BCUT2D eigenvalue weighted by molar-refractivity contribution is 0.745. The van der Waals surface area contributed by atoms with Crippen LogP contribution >= 0.6 is 11.3 Å². The third-order valence-corrected chi connectivity index (χ3v) is 7.13. The highest BCUT2D eigenvalue weighted by atomic mass is 32.1. The number of thiazole rings is 1. The molecule has 36 heavy (non-hydrogen) atoms. The Balaban J connectivity index is 1.39. The minimum absolute atomic E-state index is 0.564. The molecule has 178 valence electrons. The molecule has 0 unspecified atom stereocenters. The summed E-state index contributed by atoms with van der Waals surface area (Å²) in [5.41, 5.74) is 9.38. The first-order chi connectivity index (χ1) is 17.6. The Kier molecular flexibility index (Phi) is 5.61. The zero-order chi connectivity index (χ0) is 24.6. The second kappa shape index (κ2) is 9.09. The molecule has 9 heteroatoms. The third kappa shape index (κ3) is 3.97. The van der Waals surface area contributed by atoms with E-state index in [9.17, 15) is 0 Å². The van der Waals surface area contributed by atoms with E-state index in [0.29, 0.717) is 12.4 Å². The summed E-state index contributed by atoms with van der Waals surface area (Å²) >= 11 is 1.62. The maximum Gasteiger partial charge on any atom is 0.205 e. The van der Waals surface area contributed by atoms with E-state index in [2.05, 4.69) is 86.5 Å². The zero-order valence-corrected chi connectivity index (χ0v) is 21.0. The van der Waals surface area contributed by atoms with E-state index in [1.165, 1.54) is 5.56 Å². The van der Waals surface area contributed by atoms with Gasteiger partial charge in [0, 0.05) is 34.8 Å². The number of aromatic nitrogens is 8. The molecule has 2 aromatic carbocycles. The average molecular weight is 493 g/mol. The first kappa shape index (κ1) is 22.2. The molecule has 0 aliphatic carbocycles. The first-order valence-corrected chi connectivity index (χ1v) is 12.7. The van der Waals surface area contributed by atoms with E-state index in [0.717, 1.165) is 61.9 Å². The topological polar surface area (TPSA) is 98.1 Å². The van der Waals surface area contributed by atoms with Crippen molar-refractivity contribution in [1.29, 1.82) is 0 Å². The van der Waals surface area contributed by atoms with Crippen molar-refractivity contribution in [2.75, 3.05) is 0 Å². The Bertz CT molecular complexity index is 1650. The maximum absolute atomic E-state index is 4.88. The molecular formula is C27H24N8S. The largest absolute Gasteiger partial charge is 0.308 e. The molecule has 0 amide bonds. The molecule has 0 saturated carbocycles. The van der Waals surface area contributed by atoms with E-state index in [-0.39, 0.29) is 0 Å². The monoisotopic (exact) mass is 492 g/mol. The first-order valence-electron chi connectivity index (χ1n) is 11.8. The average Bonchev–Trinajstić information content (AvgIpc) is 3.66. The number of nitrogens with one attached hydrogen (secondary N) is 1. The SMILES string of the molecule is CCc1nc2c(C)cc(C)nc2n1Cc1ccc(-c2cc(-c3nccs3)ccc2-c2nn[nH]n2)cc1. The Hall–Kier alpha value is -4.24. The van der Waals surface area contributed by atoms with Crippen LogP contribution in [-0.4, -0.2) is 40.1 Å². The predicted octanol–water partition coefficient (Wildman–Crippen LogP) is 5.63. The summed E-state index contributed by atoms with van der Waals surface area (Å²) in [6.07, 6.45) is 2.67. The highest BCUT2D eigenvalue weighted by Crippen LogP contribution is 2.35. The second-order valence-corrected chi connectivity index (χ2v) is 9.64. The second-order valence-electron chi connectivity index (χ2n) is 8.75. The number of rotatable bonds is 6. The van der Waals surface area contributed by atoms with Crippen LogP contribution in [0.4, 0.5) is 0 Å². The number of hydrogen-bond acceptors (Lipinski definition) is 7. The molecular weight excluding hydrogens is 468 g/mol. The lowest BCUT2D eigenvalue weighted by Gasteiger charge is -2.12. The Morgan fingerprint density at radius 1 is 0.944 bits per heavy atom. The van der Waals surface area contributed by atoms with Crippen LogP contribution in [-0.2, 0) is 13.0 Å². The van der Waals surface area contributed by atoms with Crippen molar-refractivity contribution < 1.29 is 0 Å². The Labute approximate surface area is 212 Å². The van der Waals surface area contributed by atoms with Crippen LogP contribution in [0.5, 0.6) is 0 Å². The Morgan fingerprint density at radius 3 is 2.50 bits per heavy atom. The van der Waals surface area contributed by atoms with Crippen LogP contribution in [0.3, 0.4) is 0 Å². The van der Waals surface area contributed by atoms with Gasteiger partial charge in [-0.2, -0.15) is 5.21 Å². The van der Waals surface area contributed by atoms with Crippen LogP contribution in [0, 0.1) is 13.8 Å². The molecule has 4 heterocycles. The lowest BCUT2D eigenvalue weighted by atomic mass is 9.96. The molecule has 4 aromatic heterocycles. The summed E-state index contributed by atoms with van der Waals surface area (Å²) in [6, 6.07) is 17.0. The van der Waals surface area contributed by atoms with E-state index < -0.39 is 0 Å². The number of aryl methyl sites for hydroxylation is 3. The highest BCUT2D eigenvalue weighted by molar-refractivity contribution is 7.13. The van der Waals surface area contributed by atoms with Crippen LogP contribution in [0.1, 0.15) is 29.6 Å². The van der Waals surface area contributed by atoms with Gasteiger partial charge in [0.2, 0.25) is 5.82 Å². The molecule has 0 spiro atoms. The van der Waals surface area contributed by atoms with Gasteiger partial charge in [-0.15, -0.1) is 21.5 Å². The van der Waals surface area contributed by atoms with Gasteiger partial charge >= 0.3 is 0 Å². The summed E-state index contributed by atoms with van der Waals surface area (Å²) in [6.45, 7) is 6.99. The molecule has 0 aliphatic heterocycles. The van der Waals surface area contributed by atoms with Crippen molar-refractivity contribution in [3.8, 4) is 33.1 Å². The van der Waals surface area contributed by atoms with Gasteiger partial charge in [-0.05, 0) is 59.5 Å². The van der Waals surface area contributed by atoms with Crippen LogP contribution in [0.25, 0.3) is 44.2 Å². The van der Waals surface area contributed by atoms with Crippen molar-refractivity contribution in [3.63, 3.8) is 0 Å².